The highest BCUT2D eigenvalue weighted by Crippen LogP contribution is 2.48. The number of rotatable bonds is 5. The second-order valence-electron chi connectivity index (χ2n) is 12.3. The number of hydrogen-bond acceptors (Lipinski definition) is 6. The fourth-order valence-corrected chi connectivity index (χ4v) is 7.31. The average molecular weight is 490 g/mol. The number of nitrogens with zero attached hydrogens (tertiary/aromatic N) is 5. The van der Waals surface area contributed by atoms with Crippen molar-refractivity contribution in [1.29, 1.82) is 0 Å². The minimum Gasteiger partial charge on any atom is -0.303 e. The summed E-state index contributed by atoms with van der Waals surface area (Å²) < 4.78 is 0. The normalized spacial score (nSPS) is 30.4. The van der Waals surface area contributed by atoms with Crippen LogP contribution in [0.25, 0.3) is 0 Å². The highest BCUT2D eigenvalue weighted by Gasteiger charge is 2.63. The van der Waals surface area contributed by atoms with Crippen molar-refractivity contribution in [2.75, 3.05) is 87.2 Å². The zero-order valence-corrected chi connectivity index (χ0v) is 22.8. The van der Waals surface area contributed by atoms with Crippen LogP contribution in [0.3, 0.4) is 0 Å². The van der Waals surface area contributed by atoms with Gasteiger partial charge in [0, 0.05) is 57.9 Å². The van der Waals surface area contributed by atoms with Crippen molar-refractivity contribution in [3.8, 4) is 0 Å². The van der Waals surface area contributed by atoms with Gasteiger partial charge in [-0.05, 0) is 46.2 Å². The molecule has 0 radical (unpaired) electrons. The van der Waals surface area contributed by atoms with Gasteiger partial charge in [0.15, 0.2) is 5.78 Å². The van der Waals surface area contributed by atoms with E-state index in [2.05, 4.69) is 120 Å². The summed E-state index contributed by atoms with van der Waals surface area (Å²) >= 11 is 0. The third-order valence-electron chi connectivity index (χ3n) is 8.76. The Labute approximate surface area is 217 Å². The number of likely N-dealkylation sites (N-methyl/N-ethyl adjacent to an activating group) is 2. The fourth-order valence-electron chi connectivity index (χ4n) is 7.31. The molecule has 36 heavy (non-hydrogen) atoms. The molecule has 6 nitrogen and oxygen atoms in total. The first-order chi connectivity index (χ1) is 17.2. The molecule has 0 spiro atoms. The number of carbonyl (C=O) groups is 1. The Kier molecular flexibility index (Phi) is 6.85. The second-order valence-corrected chi connectivity index (χ2v) is 12.3. The summed E-state index contributed by atoms with van der Waals surface area (Å²) in [6.45, 7) is 10.4. The molecule has 3 fully saturated rings. The summed E-state index contributed by atoms with van der Waals surface area (Å²) in [5, 5.41) is 0. The molecule has 3 aliphatic heterocycles. The molecule has 0 N–H and O–H groups in total. The lowest BCUT2D eigenvalue weighted by atomic mass is 9.57. The maximum absolute atomic E-state index is 14.9. The van der Waals surface area contributed by atoms with Gasteiger partial charge >= 0.3 is 0 Å². The predicted molar refractivity (Wildman–Crippen MR) is 146 cm³/mol. The molecule has 0 amide bonds. The molecule has 0 saturated carbocycles. The number of likely N-dealkylation sites (tertiary alicyclic amines) is 2. The molecule has 2 bridgehead atoms. The molecule has 2 aromatic carbocycles. The van der Waals surface area contributed by atoms with Crippen molar-refractivity contribution in [3.05, 3.63) is 71.8 Å². The Bertz CT molecular complexity index is 986. The molecule has 3 saturated heterocycles. The third-order valence-corrected chi connectivity index (χ3v) is 8.76. The summed E-state index contributed by atoms with van der Waals surface area (Å²) in [7, 11) is 8.74. The average Bonchev–Trinajstić information content (AvgIpc) is 2.98. The lowest BCUT2D eigenvalue weighted by molar-refractivity contribution is -0.150. The molecule has 2 unspecified atom stereocenters. The lowest BCUT2D eigenvalue weighted by Gasteiger charge is -2.61. The van der Waals surface area contributed by atoms with Crippen molar-refractivity contribution in [2.24, 2.45) is 0 Å². The Hall–Kier alpha value is -2.09. The highest BCUT2D eigenvalue weighted by atomic mass is 16.1. The molecule has 2 aromatic rings. The van der Waals surface area contributed by atoms with Crippen molar-refractivity contribution in [1.82, 2.24) is 24.5 Å². The minimum atomic E-state index is -0.573. The van der Waals surface area contributed by atoms with E-state index in [4.69, 9.17) is 0 Å². The minimum absolute atomic E-state index is 0.0511. The van der Waals surface area contributed by atoms with Crippen LogP contribution in [0.4, 0.5) is 0 Å². The number of benzene rings is 2. The zero-order valence-electron chi connectivity index (χ0n) is 22.8. The van der Waals surface area contributed by atoms with E-state index in [1.54, 1.807) is 0 Å². The first-order valence-corrected chi connectivity index (χ1v) is 13.3. The summed E-state index contributed by atoms with van der Waals surface area (Å²) in [5.74, 6) is 0.401. The number of fused-ring (bicyclic) bond motifs is 2. The molecular weight excluding hydrogens is 446 g/mol. The SMILES string of the molecule is CN(C)CN1CC2(c3ccccc3)CN(C3(C)CN(C)CCN(C)C3)CC(c3ccccc3)(C1)C2=O. The van der Waals surface area contributed by atoms with Gasteiger partial charge in [-0.2, -0.15) is 0 Å². The molecule has 3 aliphatic rings. The summed E-state index contributed by atoms with van der Waals surface area (Å²) in [6.07, 6.45) is 0. The number of ketones is 1. The van der Waals surface area contributed by atoms with Crippen molar-refractivity contribution in [2.45, 2.75) is 23.3 Å². The van der Waals surface area contributed by atoms with E-state index in [-0.39, 0.29) is 5.54 Å². The molecule has 2 atom stereocenters. The summed E-state index contributed by atoms with van der Waals surface area (Å²) in [5.41, 5.74) is 1.11. The smallest absolute Gasteiger partial charge is 0.159 e. The molecule has 5 rings (SSSR count). The Morgan fingerprint density at radius 3 is 1.58 bits per heavy atom. The van der Waals surface area contributed by atoms with Crippen LogP contribution in [0.1, 0.15) is 18.1 Å². The summed E-state index contributed by atoms with van der Waals surface area (Å²) in [4.78, 5) is 27.3. The van der Waals surface area contributed by atoms with Crippen LogP contribution in [0.5, 0.6) is 0 Å². The quantitative estimate of drug-likeness (QED) is 0.641. The zero-order chi connectivity index (χ0) is 25.6. The maximum atomic E-state index is 14.9. The first-order valence-electron chi connectivity index (χ1n) is 13.3. The lowest BCUT2D eigenvalue weighted by Crippen LogP contribution is -2.77. The van der Waals surface area contributed by atoms with Crippen LogP contribution in [0, 0.1) is 0 Å². The van der Waals surface area contributed by atoms with Crippen LogP contribution in [0.15, 0.2) is 60.7 Å². The van der Waals surface area contributed by atoms with Crippen molar-refractivity contribution < 1.29 is 4.79 Å². The fraction of sp³-hybridized carbons (Fsp3) is 0.567. The summed E-state index contributed by atoms with van der Waals surface area (Å²) in [6, 6.07) is 21.3. The third kappa shape index (κ3) is 4.44. The number of piperidine rings is 2. The van der Waals surface area contributed by atoms with Gasteiger partial charge in [0.1, 0.15) is 0 Å². The maximum Gasteiger partial charge on any atom is 0.159 e. The topological polar surface area (TPSA) is 33.3 Å². The molecule has 194 valence electrons. The number of carbonyl (C=O) groups excluding carboxylic acids is 1. The number of Topliss-reactive ketones (excluding diaryl/α,β-unsaturated/α-hetero) is 1. The Balaban J connectivity index is 1.68. The molecule has 6 heteroatoms. The van der Waals surface area contributed by atoms with E-state index in [9.17, 15) is 4.79 Å². The molecule has 0 aromatic heterocycles. The van der Waals surface area contributed by atoms with E-state index in [1.807, 2.05) is 0 Å². The predicted octanol–water partition coefficient (Wildman–Crippen LogP) is 2.22. The van der Waals surface area contributed by atoms with Gasteiger partial charge < -0.3 is 9.80 Å². The van der Waals surface area contributed by atoms with Crippen molar-refractivity contribution >= 4 is 5.78 Å². The standard InChI is InChI=1S/C30H43N5O/c1-28(18-32(4)16-17-33(5)19-28)35-22-29(25-12-8-6-9-13-25)20-34(24-31(2)3)21-30(23-35,27(29)36)26-14-10-7-11-15-26/h6-15H,16-24H2,1-5H3. The van der Waals surface area contributed by atoms with Gasteiger partial charge in [-0.3, -0.25) is 19.5 Å². The molecule has 0 aliphatic carbocycles. The highest BCUT2D eigenvalue weighted by molar-refractivity contribution is 6.01. The first kappa shape index (κ1) is 25.6. The largest absolute Gasteiger partial charge is 0.303 e. The van der Waals surface area contributed by atoms with E-state index in [1.165, 1.54) is 0 Å². The number of hydrogen-bond donors (Lipinski definition) is 0. The monoisotopic (exact) mass is 489 g/mol. The van der Waals surface area contributed by atoms with Gasteiger partial charge in [0.2, 0.25) is 0 Å². The Morgan fingerprint density at radius 1 is 0.722 bits per heavy atom. The van der Waals surface area contributed by atoms with Gasteiger partial charge in [0.05, 0.1) is 17.5 Å². The van der Waals surface area contributed by atoms with Gasteiger partial charge in [-0.15, -0.1) is 0 Å². The van der Waals surface area contributed by atoms with Gasteiger partial charge in [-0.1, -0.05) is 60.7 Å². The van der Waals surface area contributed by atoms with Gasteiger partial charge in [0.25, 0.3) is 0 Å². The van der Waals surface area contributed by atoms with E-state index < -0.39 is 10.8 Å². The van der Waals surface area contributed by atoms with Crippen LogP contribution >= 0.6 is 0 Å². The molecule has 3 heterocycles. The Morgan fingerprint density at radius 2 is 1.17 bits per heavy atom. The van der Waals surface area contributed by atoms with Crippen molar-refractivity contribution in [3.63, 3.8) is 0 Å². The van der Waals surface area contributed by atoms with Crippen LogP contribution in [-0.2, 0) is 15.6 Å². The van der Waals surface area contributed by atoms with E-state index in [0.717, 1.165) is 70.2 Å². The van der Waals surface area contributed by atoms with E-state index >= 15 is 0 Å². The van der Waals surface area contributed by atoms with Gasteiger partial charge in [-0.25, -0.2) is 0 Å². The molecular formula is C30H43N5O. The van der Waals surface area contributed by atoms with Crippen LogP contribution in [0.2, 0.25) is 0 Å². The van der Waals surface area contributed by atoms with Crippen LogP contribution in [-0.4, -0.2) is 123 Å². The second kappa shape index (κ2) is 9.66. The van der Waals surface area contributed by atoms with E-state index in [0.29, 0.717) is 5.78 Å². The van der Waals surface area contributed by atoms with Crippen LogP contribution < -0.4 is 0 Å².